The number of ether oxygens (including phenoxy) is 1. The highest BCUT2D eigenvalue weighted by Gasteiger charge is 2.36. The summed E-state index contributed by atoms with van der Waals surface area (Å²) in [5, 5.41) is 11.8. The van der Waals surface area contributed by atoms with E-state index in [9.17, 15) is 9.90 Å². The predicted molar refractivity (Wildman–Crippen MR) is 111 cm³/mol. The van der Waals surface area contributed by atoms with Crippen molar-refractivity contribution in [2.45, 2.75) is 51.0 Å². The van der Waals surface area contributed by atoms with Crippen LogP contribution in [-0.4, -0.2) is 51.2 Å². The Balaban J connectivity index is 1.40. The lowest BCUT2D eigenvalue weighted by molar-refractivity contribution is -0.0532. The summed E-state index contributed by atoms with van der Waals surface area (Å²) in [7, 11) is 0. The molecule has 1 aliphatic heterocycles. The molecule has 0 spiro atoms. The summed E-state index contributed by atoms with van der Waals surface area (Å²) in [5.74, 6) is 1.80. The summed E-state index contributed by atoms with van der Waals surface area (Å²) in [6.45, 7) is 4.80. The van der Waals surface area contributed by atoms with Crippen molar-refractivity contribution < 1.29 is 14.6 Å². The maximum atomic E-state index is 12.9. The number of halogens is 1. The van der Waals surface area contributed by atoms with Crippen LogP contribution >= 0.6 is 11.6 Å². The van der Waals surface area contributed by atoms with Gasteiger partial charge in [0.15, 0.2) is 0 Å². The second kappa shape index (κ2) is 7.92. The lowest BCUT2D eigenvalue weighted by atomic mass is 9.93. The maximum Gasteiger partial charge on any atom is 0.257 e. The van der Waals surface area contributed by atoms with Gasteiger partial charge in [-0.25, -0.2) is 9.97 Å². The average Bonchev–Trinajstić information content (AvgIpc) is 3.55. The zero-order chi connectivity index (χ0) is 20.6. The van der Waals surface area contributed by atoms with E-state index in [1.54, 1.807) is 17.3 Å². The first-order valence-electron chi connectivity index (χ1n) is 10.1. The molecule has 7 heteroatoms. The Kier molecular flexibility index (Phi) is 5.49. The Morgan fingerprint density at radius 1 is 1.28 bits per heavy atom. The number of hydrogen-bond acceptors (Lipinski definition) is 5. The van der Waals surface area contributed by atoms with Gasteiger partial charge in [-0.2, -0.15) is 0 Å². The molecule has 0 bridgehead atoms. The van der Waals surface area contributed by atoms with Crippen molar-refractivity contribution in [3.63, 3.8) is 0 Å². The van der Waals surface area contributed by atoms with Crippen molar-refractivity contribution in [3.8, 4) is 5.75 Å². The molecule has 2 fully saturated rings. The summed E-state index contributed by atoms with van der Waals surface area (Å²) >= 11 is 6.21. The van der Waals surface area contributed by atoms with Crippen molar-refractivity contribution in [3.05, 3.63) is 52.1 Å². The molecule has 1 saturated carbocycles. The first-order chi connectivity index (χ1) is 13.8. The third kappa shape index (κ3) is 4.54. The first-order valence-corrected chi connectivity index (χ1v) is 10.5. The number of nitrogens with zero attached hydrogens (tertiary/aromatic N) is 3. The van der Waals surface area contributed by atoms with Crippen LogP contribution in [0.3, 0.4) is 0 Å². The largest absolute Gasteiger partial charge is 0.491 e. The molecule has 1 atom stereocenters. The van der Waals surface area contributed by atoms with Gasteiger partial charge in [0.2, 0.25) is 0 Å². The Morgan fingerprint density at radius 2 is 1.93 bits per heavy atom. The quantitative estimate of drug-likeness (QED) is 0.806. The monoisotopic (exact) mass is 415 g/mol. The molecule has 1 aromatic heterocycles. The van der Waals surface area contributed by atoms with Crippen LogP contribution in [0, 0.1) is 13.8 Å². The van der Waals surface area contributed by atoms with E-state index in [0.29, 0.717) is 36.6 Å². The van der Waals surface area contributed by atoms with Gasteiger partial charge in [0.05, 0.1) is 12.1 Å². The van der Waals surface area contributed by atoms with E-state index in [1.807, 2.05) is 26.0 Å². The molecule has 154 valence electrons. The van der Waals surface area contributed by atoms with Gasteiger partial charge in [-0.05, 0) is 62.8 Å². The number of hydrogen-bond donors (Lipinski definition) is 1. The van der Waals surface area contributed by atoms with Crippen molar-refractivity contribution in [1.29, 1.82) is 0 Å². The number of aromatic nitrogens is 2. The predicted octanol–water partition coefficient (Wildman–Crippen LogP) is 3.67. The van der Waals surface area contributed by atoms with Crippen LogP contribution in [0.4, 0.5) is 0 Å². The van der Waals surface area contributed by atoms with Gasteiger partial charge >= 0.3 is 0 Å². The van der Waals surface area contributed by atoms with Crippen molar-refractivity contribution in [1.82, 2.24) is 14.9 Å². The van der Waals surface area contributed by atoms with E-state index in [1.165, 1.54) is 0 Å². The fraction of sp³-hybridized carbons (Fsp3) is 0.500. The lowest BCUT2D eigenvalue weighted by Crippen LogP contribution is -2.53. The van der Waals surface area contributed by atoms with Crippen LogP contribution in [-0.2, 0) is 0 Å². The molecule has 1 aliphatic carbocycles. The van der Waals surface area contributed by atoms with Crippen LogP contribution in [0.5, 0.6) is 5.75 Å². The third-order valence-corrected chi connectivity index (χ3v) is 6.22. The normalized spacial score (nSPS) is 21.9. The molecule has 0 radical (unpaired) electrons. The van der Waals surface area contributed by atoms with E-state index in [2.05, 4.69) is 9.97 Å². The van der Waals surface area contributed by atoms with Crippen LogP contribution in [0.1, 0.15) is 58.9 Å². The zero-order valence-corrected chi connectivity index (χ0v) is 17.6. The minimum absolute atomic E-state index is 0.119. The van der Waals surface area contributed by atoms with Crippen LogP contribution in [0.2, 0.25) is 5.02 Å². The van der Waals surface area contributed by atoms with Gasteiger partial charge in [-0.15, -0.1) is 0 Å². The number of amides is 1. The number of carbonyl (C=O) groups is 1. The highest BCUT2D eigenvalue weighted by Crippen LogP contribution is 2.37. The maximum absolute atomic E-state index is 12.9. The van der Waals surface area contributed by atoms with Gasteiger partial charge in [-0.3, -0.25) is 4.79 Å². The topological polar surface area (TPSA) is 75.6 Å². The lowest BCUT2D eigenvalue weighted by Gasteiger charge is -2.39. The molecule has 1 unspecified atom stereocenters. The molecule has 1 saturated heterocycles. The minimum Gasteiger partial charge on any atom is -0.491 e. The molecule has 2 aromatic rings. The highest BCUT2D eigenvalue weighted by molar-refractivity contribution is 6.32. The van der Waals surface area contributed by atoms with Gasteiger partial charge in [0, 0.05) is 29.9 Å². The Morgan fingerprint density at radius 3 is 2.55 bits per heavy atom. The van der Waals surface area contributed by atoms with Gasteiger partial charge < -0.3 is 14.7 Å². The number of rotatable bonds is 5. The van der Waals surface area contributed by atoms with Crippen molar-refractivity contribution in [2.75, 3.05) is 19.7 Å². The van der Waals surface area contributed by atoms with Gasteiger partial charge in [-0.1, -0.05) is 11.6 Å². The fourth-order valence-corrected chi connectivity index (χ4v) is 3.90. The summed E-state index contributed by atoms with van der Waals surface area (Å²) in [6.07, 6.45) is 6.75. The first kappa shape index (κ1) is 20.1. The van der Waals surface area contributed by atoms with Gasteiger partial charge in [0.25, 0.3) is 5.91 Å². The van der Waals surface area contributed by atoms with E-state index < -0.39 is 5.60 Å². The molecule has 6 nitrogen and oxygen atoms in total. The Hall–Kier alpha value is -2.18. The summed E-state index contributed by atoms with van der Waals surface area (Å²) in [6, 6.07) is 3.73. The zero-order valence-electron chi connectivity index (χ0n) is 16.8. The standard InChI is InChI=1S/C22H26ClN3O3/c1-14-8-18(9-15(2)19(14)23)29-13-22(28)6-3-7-26(12-22)21(27)17-10-24-20(25-11-17)16-4-5-16/h8-11,16,28H,3-7,12-13H2,1-2H3. The number of β-amino-alcohol motifs (C(OH)–C–C–N with tert-alkyl or cyclic N) is 1. The van der Waals surface area contributed by atoms with E-state index >= 15 is 0 Å². The van der Waals surface area contributed by atoms with Crippen LogP contribution in [0.25, 0.3) is 0 Å². The van der Waals surface area contributed by atoms with E-state index in [0.717, 1.165) is 34.8 Å². The second-order valence-corrected chi connectivity index (χ2v) is 8.70. The molecule has 1 aromatic carbocycles. The molecule has 2 heterocycles. The Bertz CT molecular complexity index is 891. The van der Waals surface area contributed by atoms with E-state index in [4.69, 9.17) is 16.3 Å². The number of aliphatic hydroxyl groups is 1. The number of aryl methyl sites for hydroxylation is 2. The molecule has 1 N–H and O–H groups in total. The molecular weight excluding hydrogens is 390 g/mol. The van der Waals surface area contributed by atoms with Crippen molar-refractivity contribution >= 4 is 17.5 Å². The third-order valence-electron chi connectivity index (χ3n) is 5.62. The molecule has 4 rings (SSSR count). The van der Waals surface area contributed by atoms with Crippen LogP contribution < -0.4 is 4.74 Å². The van der Waals surface area contributed by atoms with E-state index in [-0.39, 0.29) is 19.1 Å². The van der Waals surface area contributed by atoms with Gasteiger partial charge in [0.1, 0.15) is 23.8 Å². The summed E-state index contributed by atoms with van der Waals surface area (Å²) in [4.78, 5) is 23.2. The second-order valence-electron chi connectivity index (χ2n) is 8.32. The number of carbonyl (C=O) groups excluding carboxylic acids is 1. The van der Waals surface area contributed by atoms with Crippen molar-refractivity contribution in [2.24, 2.45) is 0 Å². The Labute approximate surface area is 175 Å². The molecular formula is C22H26ClN3O3. The summed E-state index contributed by atoms with van der Waals surface area (Å²) < 4.78 is 5.88. The number of likely N-dealkylation sites (tertiary alicyclic amines) is 1. The minimum atomic E-state index is -1.09. The SMILES string of the molecule is Cc1cc(OCC2(O)CCCN(C(=O)c3cnc(C4CC4)nc3)C2)cc(C)c1Cl. The fourth-order valence-electron chi connectivity index (χ4n) is 3.79. The number of benzene rings is 1. The molecule has 1 amide bonds. The molecule has 29 heavy (non-hydrogen) atoms. The average molecular weight is 416 g/mol. The highest BCUT2D eigenvalue weighted by atomic mass is 35.5. The smallest absolute Gasteiger partial charge is 0.257 e. The molecule has 2 aliphatic rings. The van der Waals surface area contributed by atoms with Crippen LogP contribution in [0.15, 0.2) is 24.5 Å². The summed E-state index contributed by atoms with van der Waals surface area (Å²) in [5.41, 5.74) is 1.24. The number of piperidine rings is 1.